The second-order valence-corrected chi connectivity index (χ2v) is 19.7. The van der Waals surface area contributed by atoms with Gasteiger partial charge in [-0.15, -0.1) is 0 Å². The van der Waals surface area contributed by atoms with E-state index < -0.39 is 49.8 Å². The van der Waals surface area contributed by atoms with Crippen LogP contribution in [0, 0.1) is 5.92 Å². The molecular formula is C51H102N5O8+. The smallest absolute Gasteiger partial charge is 0.223 e. The normalized spacial score (nSPS) is 21.2. The number of aliphatic imine (C=N–C) groups is 1. The summed E-state index contributed by atoms with van der Waals surface area (Å²) in [5.41, 5.74) is 11.0. The number of amides is 1. The summed E-state index contributed by atoms with van der Waals surface area (Å²) in [5, 5.41) is 43.4. The molecule has 9 N–H and O–H groups in total. The Kier molecular flexibility index (Phi) is 35.8. The molecule has 2 unspecified atom stereocenters. The largest absolute Gasteiger partial charge is 0.394 e. The lowest BCUT2D eigenvalue weighted by molar-refractivity contribution is -0.952. The Bertz CT molecular complexity index is 1140. The fraction of sp³-hybridized carbons (Fsp3) is 0.941. The standard InChI is InChI=1S/C51H101N5O8/c1-6-8-10-12-14-16-18-20-22-24-26-28-32-41(3)56(5,42(4)33-29-27-25-23-21-19-17-15-13-11-9-7-2)37-36-54-49(62)43(34-30-31-35-55-51(52)53)38-44(58)40-63-50-48(61)47(60)46(59)45(39-57)64-50/h41-43,45-48,50,57,59-61H,6-40H2,1-5H3,(H4-,52,53,54,55,62)/p+1/t41?,42?,43-,45+,46+,47-,48-,50-,56?/m1/s1. The van der Waals surface area contributed by atoms with Gasteiger partial charge in [-0.2, -0.15) is 0 Å². The maximum atomic E-state index is 13.9. The number of aliphatic hydroxyl groups excluding tert-OH is 4. The second kappa shape index (κ2) is 38.1. The van der Waals surface area contributed by atoms with Crippen molar-refractivity contribution in [3.05, 3.63) is 0 Å². The number of carbonyl (C=O) groups is 2. The molecule has 0 bridgehead atoms. The monoisotopic (exact) mass is 913 g/mol. The van der Waals surface area contributed by atoms with E-state index in [0.717, 1.165) is 23.9 Å². The predicted octanol–water partition coefficient (Wildman–Crippen LogP) is 8.34. The van der Waals surface area contributed by atoms with Crippen molar-refractivity contribution in [1.29, 1.82) is 0 Å². The lowest BCUT2D eigenvalue weighted by Gasteiger charge is -2.45. The van der Waals surface area contributed by atoms with Gasteiger partial charge in [0, 0.05) is 18.9 Å². The van der Waals surface area contributed by atoms with Crippen molar-refractivity contribution in [1.82, 2.24) is 5.32 Å². The molecule has 378 valence electrons. The number of quaternary nitrogens is 1. The Morgan fingerprint density at radius 1 is 0.656 bits per heavy atom. The Balaban J connectivity index is 2.84. The highest BCUT2D eigenvalue weighted by Gasteiger charge is 2.44. The van der Waals surface area contributed by atoms with Crippen LogP contribution in [0.3, 0.4) is 0 Å². The summed E-state index contributed by atoms with van der Waals surface area (Å²) < 4.78 is 11.8. The Hall–Kier alpha value is -1.87. The van der Waals surface area contributed by atoms with E-state index in [1.165, 1.54) is 154 Å². The highest BCUT2D eigenvalue weighted by Crippen LogP contribution is 2.26. The summed E-state index contributed by atoms with van der Waals surface area (Å²) >= 11 is 0. The van der Waals surface area contributed by atoms with E-state index in [9.17, 15) is 30.0 Å². The molecule has 8 atom stereocenters. The molecule has 13 heteroatoms. The molecule has 1 heterocycles. The van der Waals surface area contributed by atoms with Gasteiger partial charge >= 0.3 is 0 Å². The van der Waals surface area contributed by atoms with Crippen molar-refractivity contribution in [3.8, 4) is 0 Å². The zero-order chi connectivity index (χ0) is 47.4. The van der Waals surface area contributed by atoms with Gasteiger partial charge in [-0.25, -0.2) is 0 Å². The van der Waals surface area contributed by atoms with Crippen LogP contribution in [0.25, 0.3) is 0 Å². The van der Waals surface area contributed by atoms with Crippen LogP contribution in [0.4, 0.5) is 0 Å². The number of Topliss-reactive ketones (excluding diaryl/α,β-unsaturated/α-hetero) is 1. The molecule has 1 saturated heterocycles. The number of nitrogens with two attached hydrogens (primary N) is 2. The topological polar surface area (TPSA) is 210 Å². The number of guanidine groups is 1. The quantitative estimate of drug-likeness (QED) is 0.0135. The van der Waals surface area contributed by atoms with E-state index in [1.54, 1.807) is 0 Å². The molecule has 0 saturated carbocycles. The van der Waals surface area contributed by atoms with E-state index >= 15 is 0 Å². The van der Waals surface area contributed by atoms with Crippen molar-refractivity contribution in [3.63, 3.8) is 0 Å². The van der Waals surface area contributed by atoms with Gasteiger partial charge in [-0.05, 0) is 52.4 Å². The number of nitrogens with one attached hydrogen (secondary N) is 1. The Morgan fingerprint density at radius 2 is 1.09 bits per heavy atom. The predicted molar refractivity (Wildman–Crippen MR) is 262 cm³/mol. The first-order valence-corrected chi connectivity index (χ1v) is 26.4. The highest BCUT2D eigenvalue weighted by atomic mass is 16.7. The molecule has 0 spiro atoms. The Morgan fingerprint density at radius 3 is 1.53 bits per heavy atom. The molecule has 0 aromatic carbocycles. The molecule has 1 aliphatic heterocycles. The van der Waals surface area contributed by atoms with Crippen molar-refractivity contribution in [2.24, 2.45) is 22.4 Å². The lowest BCUT2D eigenvalue weighted by atomic mass is 9.95. The lowest BCUT2D eigenvalue weighted by Crippen LogP contribution is -2.59. The van der Waals surface area contributed by atoms with Crippen LogP contribution < -0.4 is 16.8 Å². The fourth-order valence-corrected chi connectivity index (χ4v) is 9.34. The molecular weight excluding hydrogens is 811 g/mol. The molecule has 0 radical (unpaired) electrons. The number of unbranched alkanes of at least 4 members (excludes halogenated alkanes) is 23. The minimum atomic E-state index is -1.61. The maximum Gasteiger partial charge on any atom is 0.223 e. The van der Waals surface area contributed by atoms with Gasteiger partial charge in [-0.1, -0.05) is 162 Å². The summed E-state index contributed by atoms with van der Waals surface area (Å²) in [6, 6.07) is 0.889. The van der Waals surface area contributed by atoms with Gasteiger partial charge < -0.3 is 51.2 Å². The van der Waals surface area contributed by atoms with Crippen molar-refractivity contribution < 1.29 is 44.0 Å². The third kappa shape index (κ3) is 27.1. The van der Waals surface area contributed by atoms with Gasteiger partial charge in [0.15, 0.2) is 18.0 Å². The van der Waals surface area contributed by atoms with E-state index in [0.29, 0.717) is 44.4 Å². The van der Waals surface area contributed by atoms with Crippen LogP contribution in [-0.4, -0.2) is 125 Å². The van der Waals surface area contributed by atoms with Crippen molar-refractivity contribution in [2.45, 2.75) is 263 Å². The SMILES string of the molecule is CCCCCCCCCCCCCCC(C)[N+](C)(CCNC(=O)[C@H](CCCCN=C(N)N)CC(=O)CO[C@@H]1O[C@@H](CO)[C@H](O)[C@@H](O)[C@H]1O)C(C)CCCCCCCCCCCCCC. The molecule has 0 aromatic heterocycles. The zero-order valence-corrected chi connectivity index (χ0v) is 41.8. The fourth-order valence-electron chi connectivity index (χ4n) is 9.34. The van der Waals surface area contributed by atoms with Crippen LogP contribution in [0.2, 0.25) is 0 Å². The van der Waals surface area contributed by atoms with Gasteiger partial charge in [0.1, 0.15) is 31.0 Å². The first-order valence-electron chi connectivity index (χ1n) is 26.4. The zero-order valence-electron chi connectivity index (χ0n) is 41.8. The van der Waals surface area contributed by atoms with Crippen LogP contribution in [0.1, 0.15) is 220 Å². The Labute approximate surface area is 391 Å². The van der Waals surface area contributed by atoms with Crippen molar-refractivity contribution >= 4 is 17.6 Å². The van der Waals surface area contributed by atoms with E-state index in [2.05, 4.69) is 45.1 Å². The average Bonchev–Trinajstić information content (AvgIpc) is 3.27. The maximum absolute atomic E-state index is 13.9. The second-order valence-electron chi connectivity index (χ2n) is 19.7. The van der Waals surface area contributed by atoms with Crippen molar-refractivity contribution in [2.75, 3.05) is 39.9 Å². The van der Waals surface area contributed by atoms with Crippen LogP contribution >= 0.6 is 0 Å². The minimum absolute atomic E-state index is 0.0112. The van der Waals surface area contributed by atoms with Gasteiger partial charge in [0.05, 0.1) is 38.8 Å². The molecule has 1 rings (SSSR count). The summed E-state index contributed by atoms with van der Waals surface area (Å²) in [5.74, 6) is -1.15. The number of carbonyl (C=O) groups excluding carboxylic acids is 2. The average molecular weight is 913 g/mol. The number of nitrogens with zero attached hydrogens (tertiary/aromatic N) is 2. The van der Waals surface area contributed by atoms with E-state index in [1.807, 2.05) is 0 Å². The summed E-state index contributed by atoms with van der Waals surface area (Å²) in [6.07, 6.45) is 28.7. The minimum Gasteiger partial charge on any atom is -0.394 e. The molecule has 13 nitrogen and oxygen atoms in total. The molecule has 1 aliphatic rings. The van der Waals surface area contributed by atoms with Gasteiger partial charge in [0.25, 0.3) is 0 Å². The van der Waals surface area contributed by atoms with Crippen LogP contribution in [0.15, 0.2) is 4.99 Å². The number of hydrogen-bond acceptors (Lipinski definition) is 9. The number of ketones is 1. The molecule has 0 aromatic rings. The number of hydrogen-bond donors (Lipinski definition) is 7. The van der Waals surface area contributed by atoms with Crippen LogP contribution in [-0.2, 0) is 19.1 Å². The summed E-state index contributed by atoms with van der Waals surface area (Å²) in [7, 11) is 2.38. The number of likely N-dealkylation sites (N-methyl/N-ethyl adjacent to an activating group) is 1. The first kappa shape index (κ1) is 60.1. The number of ether oxygens (including phenoxy) is 2. The third-order valence-corrected chi connectivity index (χ3v) is 14.2. The number of aliphatic hydroxyl groups is 4. The van der Waals surface area contributed by atoms with Gasteiger partial charge in [0.2, 0.25) is 5.91 Å². The molecule has 1 amide bonds. The number of rotatable bonds is 43. The highest BCUT2D eigenvalue weighted by molar-refractivity contribution is 5.87. The van der Waals surface area contributed by atoms with E-state index in [4.69, 9.17) is 20.9 Å². The summed E-state index contributed by atoms with van der Waals surface area (Å²) in [4.78, 5) is 31.2. The van der Waals surface area contributed by atoms with Crippen LogP contribution in [0.5, 0.6) is 0 Å². The van der Waals surface area contributed by atoms with Gasteiger partial charge in [-0.3, -0.25) is 14.6 Å². The van der Waals surface area contributed by atoms with E-state index in [-0.39, 0.29) is 24.1 Å². The molecule has 1 fully saturated rings. The first-order chi connectivity index (χ1) is 30.8. The molecule has 0 aliphatic carbocycles. The third-order valence-electron chi connectivity index (χ3n) is 14.2. The summed E-state index contributed by atoms with van der Waals surface area (Å²) in [6.45, 7) is 9.99. The molecule has 64 heavy (non-hydrogen) atoms.